The minimum atomic E-state index is -0.899. The standard InChI is InChI=1S/C78H126N2O4SeTe2/c1-7-11-15-19-23-27-29-33-37-41-49-65(47-39-35-31-25-21-17-13-9-3)51-43-45-57-79-70-62-68(72-55-56-73(87-72)76-75-74(64(6)85-76)83-59-60-84-75)78(82)80(69(70)61-67(77(79)81)71-54-53-63(5)86-71)58-46-44-52-66(48-40-36-32-26-22-18-14-10-4)50-42-38-34-30-28-24-20-16-12-8-2/h53-56,61-62,65-66H,7-52,57-60H2,1-6H3. The fourth-order valence-electron chi connectivity index (χ4n) is 14.0. The van der Waals surface area contributed by atoms with E-state index in [4.69, 9.17) is 9.47 Å². The summed E-state index contributed by atoms with van der Waals surface area (Å²) in [4.78, 5) is 30.9. The predicted molar refractivity (Wildman–Crippen MR) is 382 cm³/mol. The number of aryl methyl sites for hydroxylation is 4. The SMILES string of the molecule is CCCCCCCCCCCCC(CCCCCCCCCC)CCCCn1c(=O)c(-c2ccc(C)[te]2)cc2c1cc(-c1ccc(-c3[se]c(C)c4c3OCCO4)[te]1)c(=O)n2CCCCC(CCCCCCCCCC)CCCCCCCCCCCC. The number of hydrogen-bond acceptors (Lipinski definition) is 4. The van der Waals surface area contributed by atoms with E-state index in [0.29, 0.717) is 26.3 Å². The molecule has 0 aromatic carbocycles. The molecule has 5 aromatic heterocycles. The van der Waals surface area contributed by atoms with E-state index < -0.39 is 40.9 Å². The Morgan fingerprint density at radius 3 is 1.06 bits per heavy atom. The molecule has 1 aliphatic rings. The maximum atomic E-state index is 15.6. The van der Waals surface area contributed by atoms with Crippen LogP contribution in [0.1, 0.15) is 331 Å². The smallest absolute Gasteiger partial charge is 0.0654 e. The molecular weight excluding hydrogens is 1360 g/mol. The fourth-order valence-corrected chi connectivity index (χ4v) is 22.4. The average Bonchev–Trinajstić information content (AvgIpc) is 2.08. The second-order valence-electron chi connectivity index (χ2n) is 26.9. The Morgan fingerprint density at radius 2 is 0.701 bits per heavy atom. The molecule has 87 heavy (non-hydrogen) atoms. The Bertz CT molecular complexity index is 2710. The van der Waals surface area contributed by atoms with E-state index in [-0.39, 0.29) is 25.6 Å². The zero-order valence-corrected chi connectivity index (χ0v) is 63.1. The molecule has 0 radical (unpaired) electrons. The van der Waals surface area contributed by atoms with E-state index in [0.717, 1.165) is 71.2 Å². The van der Waals surface area contributed by atoms with Crippen LogP contribution in [0, 0.1) is 25.7 Å². The van der Waals surface area contributed by atoms with Crippen LogP contribution >= 0.6 is 0 Å². The zero-order valence-electron chi connectivity index (χ0n) is 56.7. The van der Waals surface area contributed by atoms with Crippen molar-refractivity contribution in [1.29, 1.82) is 0 Å². The van der Waals surface area contributed by atoms with E-state index >= 15 is 9.59 Å². The minimum Gasteiger partial charge on any atom is -0.0654 e. The van der Waals surface area contributed by atoms with E-state index in [1.54, 1.807) is 0 Å². The molecule has 5 aromatic rings. The number of pyridine rings is 2. The molecule has 0 saturated heterocycles. The van der Waals surface area contributed by atoms with Crippen molar-refractivity contribution in [2.75, 3.05) is 13.2 Å². The topological polar surface area (TPSA) is 62.5 Å². The Balaban J connectivity index is 1.23. The first-order valence-corrected chi connectivity index (χ1v) is 43.5. The van der Waals surface area contributed by atoms with Crippen LogP contribution < -0.4 is 20.6 Å². The van der Waals surface area contributed by atoms with Crippen molar-refractivity contribution < 1.29 is 9.47 Å². The van der Waals surface area contributed by atoms with Gasteiger partial charge in [0, 0.05) is 0 Å². The summed E-state index contributed by atoms with van der Waals surface area (Å²) in [5, 5.41) is 0. The van der Waals surface area contributed by atoms with E-state index in [9.17, 15) is 0 Å². The molecule has 6 nitrogen and oxygen atoms in total. The van der Waals surface area contributed by atoms with Gasteiger partial charge in [0.25, 0.3) is 0 Å². The molecule has 2 unspecified atom stereocenters. The summed E-state index contributed by atoms with van der Waals surface area (Å²) in [5.74, 6) is 3.45. The molecule has 0 N–H and O–H groups in total. The van der Waals surface area contributed by atoms with Crippen LogP contribution in [0.25, 0.3) is 37.3 Å². The maximum absolute atomic E-state index is 15.6. The normalized spacial score (nSPS) is 13.2. The monoisotopic (exact) mass is 1490 g/mol. The van der Waals surface area contributed by atoms with Crippen LogP contribution in [-0.4, -0.2) is 77.7 Å². The third-order valence-electron chi connectivity index (χ3n) is 19.4. The van der Waals surface area contributed by atoms with Crippen molar-refractivity contribution in [2.45, 2.75) is 350 Å². The molecule has 0 aliphatic carbocycles. The molecule has 0 amide bonds. The van der Waals surface area contributed by atoms with Gasteiger partial charge >= 0.3 is 355 Å². The van der Waals surface area contributed by atoms with Gasteiger partial charge in [0.05, 0.1) is 0 Å². The van der Waals surface area contributed by atoms with Gasteiger partial charge in [0.15, 0.2) is 0 Å². The Hall–Kier alpha value is -1.70. The first-order chi connectivity index (χ1) is 42.8. The van der Waals surface area contributed by atoms with Gasteiger partial charge in [-0.1, -0.05) is 207 Å². The summed E-state index contributed by atoms with van der Waals surface area (Å²) >= 11 is -1.39. The predicted octanol–water partition coefficient (Wildman–Crippen LogP) is 23.0. The van der Waals surface area contributed by atoms with Crippen molar-refractivity contribution in [1.82, 2.24) is 9.13 Å². The summed E-state index contributed by atoms with van der Waals surface area (Å²) in [6, 6.07) is 13.4. The van der Waals surface area contributed by atoms with Crippen molar-refractivity contribution in [3.05, 3.63) is 65.1 Å². The second kappa shape index (κ2) is 45.6. The van der Waals surface area contributed by atoms with Crippen LogP contribution in [0.4, 0.5) is 0 Å². The molecule has 1 aliphatic heterocycles. The van der Waals surface area contributed by atoms with Crippen LogP contribution in [0.15, 0.2) is 46.0 Å². The van der Waals surface area contributed by atoms with E-state index in [1.807, 2.05) is 0 Å². The fraction of sp³-hybridized carbons (Fsp3) is 0.744. The quantitative estimate of drug-likeness (QED) is 0.0287. The molecule has 9 heteroatoms. The average molecular weight is 1490 g/mol. The van der Waals surface area contributed by atoms with Crippen LogP contribution in [0.2, 0.25) is 0 Å². The number of hydrogen-bond donors (Lipinski definition) is 0. The summed E-state index contributed by atoms with van der Waals surface area (Å²) < 4.78 is 24.6. The number of ether oxygens (including phenoxy) is 2. The number of fused-ring (bicyclic) bond motifs is 2. The Morgan fingerprint density at radius 1 is 0.391 bits per heavy atom. The Kier molecular flexibility index (Phi) is 38.9. The van der Waals surface area contributed by atoms with Crippen molar-refractivity contribution >= 4 is 66.4 Å². The molecule has 0 bridgehead atoms. The number of unbranched alkanes of at least 4 members (excludes halogenated alkanes) is 34. The van der Waals surface area contributed by atoms with Gasteiger partial charge < -0.3 is 0 Å². The summed E-state index contributed by atoms with van der Waals surface area (Å²) in [6.07, 6.45) is 62.0. The summed E-state index contributed by atoms with van der Waals surface area (Å²) in [7, 11) is 0. The van der Waals surface area contributed by atoms with Gasteiger partial charge in [0.1, 0.15) is 0 Å². The van der Waals surface area contributed by atoms with Crippen LogP contribution in [0.3, 0.4) is 0 Å². The summed E-state index contributed by atoms with van der Waals surface area (Å²) in [5.41, 5.74) is 3.88. The Labute approximate surface area is 558 Å². The van der Waals surface area contributed by atoms with Crippen LogP contribution in [-0.2, 0) is 13.1 Å². The van der Waals surface area contributed by atoms with Gasteiger partial charge in [-0.05, 0) is 0 Å². The van der Waals surface area contributed by atoms with Gasteiger partial charge in [-0.15, -0.1) is 0 Å². The molecule has 0 spiro atoms. The molecule has 0 fully saturated rings. The minimum absolute atomic E-state index is 0.134. The van der Waals surface area contributed by atoms with Gasteiger partial charge in [-0.2, -0.15) is 0 Å². The van der Waals surface area contributed by atoms with Gasteiger partial charge in [-0.25, -0.2) is 0 Å². The number of rotatable bonds is 53. The van der Waals surface area contributed by atoms with E-state index in [2.05, 4.69) is 87.1 Å². The van der Waals surface area contributed by atoms with Crippen LogP contribution in [0.5, 0.6) is 11.5 Å². The van der Waals surface area contributed by atoms with Gasteiger partial charge in [0.2, 0.25) is 0 Å². The van der Waals surface area contributed by atoms with E-state index in [1.165, 1.54) is 293 Å². The second-order valence-corrected chi connectivity index (χ2v) is 36.2. The first kappa shape index (κ1) is 74.3. The third-order valence-corrected chi connectivity index (χ3v) is 28.8. The molecular formula is C78H126N2O4SeTe2. The molecule has 6 heterocycles. The summed E-state index contributed by atoms with van der Waals surface area (Å²) in [6.45, 7) is 16.3. The molecule has 0 saturated carbocycles. The molecule has 490 valence electrons. The van der Waals surface area contributed by atoms with Gasteiger partial charge in [-0.3, -0.25) is 0 Å². The molecule has 2 atom stereocenters. The molecule has 6 rings (SSSR count). The number of nitrogens with zero attached hydrogens (tertiary/aromatic N) is 2. The number of aromatic nitrogens is 2. The van der Waals surface area contributed by atoms with Crippen molar-refractivity contribution in [2.24, 2.45) is 11.8 Å². The van der Waals surface area contributed by atoms with Crippen molar-refractivity contribution in [3.8, 4) is 37.8 Å². The van der Waals surface area contributed by atoms with Crippen molar-refractivity contribution in [3.63, 3.8) is 0 Å². The third kappa shape index (κ3) is 27.0. The zero-order chi connectivity index (χ0) is 61.5. The first-order valence-electron chi connectivity index (χ1n) is 37.1.